The zero-order valence-electron chi connectivity index (χ0n) is 15.8. The lowest BCUT2D eigenvalue weighted by molar-refractivity contribution is -0.143. The maximum atomic E-state index is 13.1. The van der Waals surface area contributed by atoms with E-state index in [-0.39, 0.29) is 26.4 Å². The van der Waals surface area contributed by atoms with Crippen LogP contribution in [0.4, 0.5) is 18.9 Å². The Balaban J connectivity index is 2.15. The van der Waals surface area contributed by atoms with E-state index in [1.807, 2.05) is 6.07 Å². The Morgan fingerprint density at radius 3 is 2.35 bits per heavy atom. The zero-order valence-corrected chi connectivity index (χ0v) is 16.6. The second-order valence-electron chi connectivity index (χ2n) is 6.34. The molecule has 0 saturated carbocycles. The van der Waals surface area contributed by atoms with Gasteiger partial charge in [0.2, 0.25) is 0 Å². The monoisotopic (exact) mass is 449 g/mol. The zero-order chi connectivity index (χ0) is 22.9. The van der Waals surface area contributed by atoms with Gasteiger partial charge >= 0.3 is 12.1 Å². The van der Waals surface area contributed by atoms with Crippen molar-refractivity contribution in [3.63, 3.8) is 0 Å². The Labute approximate surface area is 176 Å². The van der Waals surface area contributed by atoms with Gasteiger partial charge in [0, 0.05) is 4.90 Å². The Morgan fingerprint density at radius 1 is 1.16 bits per heavy atom. The normalized spacial score (nSPS) is 15.4. The molecule has 0 aliphatic carbocycles. The first-order valence-electron chi connectivity index (χ1n) is 8.58. The van der Waals surface area contributed by atoms with E-state index in [0.717, 1.165) is 29.3 Å². The highest BCUT2D eigenvalue weighted by molar-refractivity contribution is 7.89. The van der Waals surface area contributed by atoms with Crippen LogP contribution in [0.3, 0.4) is 0 Å². The first kappa shape index (κ1) is 22.1. The van der Waals surface area contributed by atoms with Crippen molar-refractivity contribution in [2.45, 2.75) is 18.0 Å². The molecule has 160 valence electrons. The molecule has 11 heteroatoms. The number of nitrogens with zero attached hydrogens (tertiary/aromatic N) is 3. The smallest absolute Gasteiger partial charge is 0.416 e. The highest BCUT2D eigenvalue weighted by atomic mass is 32.2. The minimum absolute atomic E-state index is 0.0372. The highest BCUT2D eigenvalue weighted by Crippen LogP contribution is 2.36. The van der Waals surface area contributed by atoms with Crippen LogP contribution in [0.15, 0.2) is 75.8 Å². The molecule has 7 nitrogen and oxygen atoms in total. The topological polar surface area (TPSA) is 105 Å². The van der Waals surface area contributed by atoms with E-state index in [0.29, 0.717) is 5.56 Å². The average Bonchev–Trinajstić information content (AvgIpc) is 2.73. The molecule has 0 radical (unpaired) electrons. The van der Waals surface area contributed by atoms with Crippen LogP contribution in [0, 0.1) is 11.3 Å². The van der Waals surface area contributed by atoms with Gasteiger partial charge in [-0.3, -0.25) is 5.21 Å². The van der Waals surface area contributed by atoms with Gasteiger partial charge in [-0.2, -0.15) is 23.6 Å². The van der Waals surface area contributed by atoms with Crippen LogP contribution in [0.2, 0.25) is 0 Å². The standard InChI is InChI=1S/C20H14F3N3O4S/c1-12-18(31(30)16-7-5-13(11-24)6-8-16)10-17(19(27)28)26(29)25(12)15-4-2-3-14(9-15)20(21,22)23/h2-10,29H,1H3,(H,27,28). The maximum Gasteiger partial charge on any atom is 0.416 e. The first-order chi connectivity index (χ1) is 14.5. The molecule has 0 fully saturated rings. The number of nitriles is 1. The number of halogens is 3. The third kappa shape index (κ3) is 4.30. The number of benzene rings is 2. The molecule has 2 aromatic rings. The fourth-order valence-corrected chi connectivity index (χ4v) is 4.08. The molecular formula is C20H14F3N3O4S. The summed E-state index contributed by atoms with van der Waals surface area (Å²) in [6.07, 6.45) is -3.68. The lowest BCUT2D eigenvalue weighted by Gasteiger charge is -2.37. The van der Waals surface area contributed by atoms with Crippen molar-refractivity contribution in [2.75, 3.05) is 5.01 Å². The predicted molar refractivity (Wildman–Crippen MR) is 104 cm³/mol. The highest BCUT2D eigenvalue weighted by Gasteiger charge is 2.35. The van der Waals surface area contributed by atoms with Crippen molar-refractivity contribution in [1.29, 1.82) is 5.26 Å². The van der Waals surface area contributed by atoms with Gasteiger partial charge in [0.05, 0.1) is 44.3 Å². The molecule has 1 aliphatic rings. The number of aliphatic carboxylic acids is 1. The summed E-state index contributed by atoms with van der Waals surface area (Å²) in [5, 5.41) is 29.8. The molecule has 0 aromatic heterocycles. The molecule has 1 heterocycles. The molecule has 31 heavy (non-hydrogen) atoms. The van der Waals surface area contributed by atoms with Gasteiger partial charge in [-0.05, 0) is 55.5 Å². The Morgan fingerprint density at radius 2 is 1.81 bits per heavy atom. The average molecular weight is 449 g/mol. The van der Waals surface area contributed by atoms with Gasteiger partial charge in [-0.25, -0.2) is 14.0 Å². The molecule has 1 atom stereocenters. The number of hydrogen-bond donors (Lipinski definition) is 2. The van der Waals surface area contributed by atoms with Crippen LogP contribution in [0.1, 0.15) is 18.1 Å². The number of carboxylic acid groups (broad SMARTS) is 1. The Kier molecular flexibility index (Phi) is 5.88. The fourth-order valence-electron chi connectivity index (χ4n) is 2.87. The lowest BCUT2D eigenvalue weighted by Crippen LogP contribution is -2.44. The van der Waals surface area contributed by atoms with Crippen LogP contribution < -0.4 is 5.01 Å². The second-order valence-corrected chi connectivity index (χ2v) is 7.79. The number of alkyl halides is 3. The van der Waals surface area contributed by atoms with E-state index in [9.17, 15) is 32.5 Å². The van der Waals surface area contributed by atoms with Gasteiger partial charge in [-0.1, -0.05) is 6.07 Å². The minimum atomic E-state index is -4.66. The summed E-state index contributed by atoms with van der Waals surface area (Å²) >= 11 is 0. The summed E-state index contributed by atoms with van der Waals surface area (Å²) in [5.74, 6) is -1.58. The molecule has 1 aliphatic heterocycles. The van der Waals surface area contributed by atoms with Crippen molar-refractivity contribution >= 4 is 22.5 Å². The quantitative estimate of drug-likeness (QED) is 0.727. The molecule has 0 bridgehead atoms. The van der Waals surface area contributed by atoms with Crippen LogP contribution in [-0.2, 0) is 21.8 Å². The molecule has 2 aromatic carbocycles. The molecule has 0 amide bonds. The van der Waals surface area contributed by atoms with E-state index < -0.39 is 34.2 Å². The van der Waals surface area contributed by atoms with Crippen molar-refractivity contribution in [2.24, 2.45) is 0 Å². The molecule has 2 N–H and O–H groups in total. The molecule has 1 unspecified atom stereocenters. The number of hydrazine groups is 1. The van der Waals surface area contributed by atoms with Crippen LogP contribution in [0.25, 0.3) is 0 Å². The lowest BCUT2D eigenvalue weighted by atomic mass is 10.1. The maximum absolute atomic E-state index is 13.1. The number of anilines is 1. The predicted octanol–water partition coefficient (Wildman–Crippen LogP) is 4.01. The summed E-state index contributed by atoms with van der Waals surface area (Å²) in [5.41, 5.74) is -1.53. The molecule has 3 rings (SSSR count). The van der Waals surface area contributed by atoms with Crippen molar-refractivity contribution in [3.05, 3.63) is 82.0 Å². The van der Waals surface area contributed by atoms with Crippen LogP contribution in [-0.4, -0.2) is 25.7 Å². The first-order valence-corrected chi connectivity index (χ1v) is 9.73. The SMILES string of the molecule is CC1=C(S(=O)c2ccc(C#N)cc2)C=C(C(=O)O)N(O)N1c1cccc(C(F)(F)F)c1. The fraction of sp³-hybridized carbons (Fsp3) is 0.100. The summed E-state index contributed by atoms with van der Waals surface area (Å²) in [4.78, 5) is 11.8. The Hall–Kier alpha value is -3.62. The van der Waals surface area contributed by atoms with E-state index >= 15 is 0 Å². The van der Waals surface area contributed by atoms with Crippen molar-refractivity contribution in [3.8, 4) is 6.07 Å². The summed E-state index contributed by atoms with van der Waals surface area (Å²) in [6.45, 7) is 1.38. The largest absolute Gasteiger partial charge is 0.476 e. The number of hydroxylamine groups is 1. The third-order valence-corrected chi connectivity index (χ3v) is 5.89. The number of allylic oxidation sites excluding steroid dienone is 2. The van der Waals surface area contributed by atoms with Gasteiger partial charge in [-0.15, -0.1) is 0 Å². The summed E-state index contributed by atoms with van der Waals surface area (Å²) < 4.78 is 52.5. The number of carbonyl (C=O) groups is 1. The number of rotatable bonds is 4. The second kappa shape index (κ2) is 8.25. The van der Waals surface area contributed by atoms with Crippen LogP contribution in [0.5, 0.6) is 0 Å². The van der Waals surface area contributed by atoms with E-state index in [1.54, 1.807) is 0 Å². The summed E-state index contributed by atoms with van der Waals surface area (Å²) in [6, 6.07) is 11.5. The van der Waals surface area contributed by atoms with Crippen molar-refractivity contribution in [1.82, 2.24) is 5.17 Å². The van der Waals surface area contributed by atoms with Gasteiger partial charge in [0.15, 0.2) is 5.70 Å². The Bertz CT molecular complexity index is 1170. The van der Waals surface area contributed by atoms with Crippen LogP contribution >= 0.6 is 0 Å². The van der Waals surface area contributed by atoms with E-state index in [4.69, 9.17) is 5.26 Å². The van der Waals surface area contributed by atoms with Gasteiger partial charge in [0.25, 0.3) is 0 Å². The number of carboxylic acids is 1. The molecule has 0 spiro atoms. The number of hydrogen-bond acceptors (Lipinski definition) is 6. The van der Waals surface area contributed by atoms with Gasteiger partial charge < -0.3 is 5.11 Å². The van der Waals surface area contributed by atoms with E-state index in [1.165, 1.54) is 37.3 Å². The molecule has 0 saturated heterocycles. The van der Waals surface area contributed by atoms with Crippen molar-refractivity contribution < 1.29 is 32.5 Å². The minimum Gasteiger partial charge on any atom is -0.476 e. The third-order valence-electron chi connectivity index (χ3n) is 4.38. The van der Waals surface area contributed by atoms with Gasteiger partial charge in [0.1, 0.15) is 0 Å². The summed E-state index contributed by atoms with van der Waals surface area (Å²) in [7, 11) is -1.95. The van der Waals surface area contributed by atoms with E-state index in [2.05, 4.69) is 0 Å². The molecular weight excluding hydrogens is 435 g/mol.